The second kappa shape index (κ2) is 6.42. The van der Waals surface area contributed by atoms with Gasteiger partial charge in [-0.2, -0.15) is 0 Å². The zero-order chi connectivity index (χ0) is 12.8. The van der Waals surface area contributed by atoms with Gasteiger partial charge in [0.2, 0.25) is 0 Å². The minimum Gasteiger partial charge on any atom is -0.491 e. The highest BCUT2D eigenvalue weighted by molar-refractivity contribution is 6.32. The first-order valence-electron chi connectivity index (χ1n) is 5.19. The number of nitro groups is 1. The number of ether oxygens (including phenoxy) is 2. The molecule has 6 heteroatoms. The molecule has 0 radical (unpaired) electrons. The summed E-state index contributed by atoms with van der Waals surface area (Å²) in [7, 11) is 0. The summed E-state index contributed by atoms with van der Waals surface area (Å²) < 4.78 is 10.6. The second-order valence-electron chi connectivity index (χ2n) is 3.64. The third-order valence-corrected chi connectivity index (χ3v) is 2.22. The van der Waals surface area contributed by atoms with Crippen LogP contribution >= 0.6 is 11.6 Å². The van der Waals surface area contributed by atoms with E-state index in [-0.39, 0.29) is 16.8 Å². The molecule has 0 aliphatic carbocycles. The summed E-state index contributed by atoms with van der Waals surface area (Å²) in [5.74, 6) is 0.493. The van der Waals surface area contributed by atoms with Crippen LogP contribution < -0.4 is 4.74 Å². The zero-order valence-corrected chi connectivity index (χ0v) is 10.4. The molecule has 0 aliphatic heterocycles. The monoisotopic (exact) mass is 259 g/mol. The van der Waals surface area contributed by atoms with Crippen molar-refractivity contribution in [1.29, 1.82) is 0 Å². The SMILES string of the molecule is CC(C)OCCOc1ccc([N+](=O)[O-])c(Cl)c1. The van der Waals surface area contributed by atoms with Crippen LogP contribution in [0.25, 0.3) is 0 Å². The van der Waals surface area contributed by atoms with E-state index in [0.29, 0.717) is 19.0 Å². The molecule has 0 aliphatic rings. The molecule has 0 heterocycles. The molecule has 0 amide bonds. The van der Waals surface area contributed by atoms with Gasteiger partial charge in [-0.3, -0.25) is 10.1 Å². The lowest BCUT2D eigenvalue weighted by atomic mass is 10.3. The number of nitro benzene ring substituents is 1. The first-order chi connectivity index (χ1) is 8.00. The Balaban J connectivity index is 2.50. The summed E-state index contributed by atoms with van der Waals surface area (Å²) in [5.41, 5.74) is -0.127. The average molecular weight is 260 g/mol. The van der Waals surface area contributed by atoms with Crippen molar-refractivity contribution in [2.75, 3.05) is 13.2 Å². The van der Waals surface area contributed by atoms with Gasteiger partial charge in [0.05, 0.1) is 17.6 Å². The van der Waals surface area contributed by atoms with Crippen molar-refractivity contribution in [3.8, 4) is 5.75 Å². The Kier molecular flexibility index (Phi) is 5.18. The molecule has 0 aromatic heterocycles. The first kappa shape index (κ1) is 13.7. The van der Waals surface area contributed by atoms with Crippen LogP contribution in [0.1, 0.15) is 13.8 Å². The fraction of sp³-hybridized carbons (Fsp3) is 0.455. The van der Waals surface area contributed by atoms with Crippen LogP contribution in [0, 0.1) is 10.1 Å². The maximum atomic E-state index is 10.5. The largest absolute Gasteiger partial charge is 0.491 e. The molecule has 1 aromatic rings. The maximum Gasteiger partial charge on any atom is 0.288 e. The van der Waals surface area contributed by atoms with E-state index < -0.39 is 4.92 Å². The minimum atomic E-state index is -0.534. The van der Waals surface area contributed by atoms with E-state index in [4.69, 9.17) is 21.1 Å². The van der Waals surface area contributed by atoms with E-state index in [1.807, 2.05) is 13.8 Å². The third-order valence-electron chi connectivity index (χ3n) is 1.92. The Hall–Kier alpha value is -1.33. The van der Waals surface area contributed by atoms with Gasteiger partial charge < -0.3 is 9.47 Å². The zero-order valence-electron chi connectivity index (χ0n) is 9.68. The Bertz CT molecular complexity index is 395. The van der Waals surface area contributed by atoms with Crippen molar-refractivity contribution < 1.29 is 14.4 Å². The highest BCUT2D eigenvalue weighted by atomic mass is 35.5. The van der Waals surface area contributed by atoms with Gasteiger partial charge in [-0.1, -0.05) is 11.6 Å². The van der Waals surface area contributed by atoms with Crippen molar-refractivity contribution in [3.05, 3.63) is 33.3 Å². The van der Waals surface area contributed by atoms with Gasteiger partial charge in [0, 0.05) is 12.1 Å². The van der Waals surface area contributed by atoms with Crippen LogP contribution in [0.2, 0.25) is 5.02 Å². The molecule has 0 saturated carbocycles. The van der Waals surface area contributed by atoms with E-state index in [0.717, 1.165) is 0 Å². The highest BCUT2D eigenvalue weighted by Gasteiger charge is 2.12. The molecule has 1 rings (SSSR count). The van der Waals surface area contributed by atoms with Crippen LogP contribution in [-0.2, 0) is 4.74 Å². The number of benzene rings is 1. The predicted molar refractivity (Wildman–Crippen MR) is 64.7 cm³/mol. The summed E-state index contributed by atoms with van der Waals surface area (Å²) in [4.78, 5) is 9.99. The summed E-state index contributed by atoms with van der Waals surface area (Å²) in [6.07, 6.45) is 0.152. The predicted octanol–water partition coefficient (Wildman–Crippen LogP) is 3.05. The van der Waals surface area contributed by atoms with Gasteiger partial charge >= 0.3 is 0 Å². The van der Waals surface area contributed by atoms with Crippen LogP contribution in [-0.4, -0.2) is 24.2 Å². The minimum absolute atomic E-state index is 0.0669. The number of hydrogen-bond donors (Lipinski definition) is 0. The van der Waals surface area contributed by atoms with E-state index in [9.17, 15) is 10.1 Å². The van der Waals surface area contributed by atoms with Gasteiger partial charge in [-0.25, -0.2) is 0 Å². The summed E-state index contributed by atoms with van der Waals surface area (Å²) in [6.45, 7) is 4.71. The van der Waals surface area contributed by atoms with Gasteiger partial charge in [0.1, 0.15) is 17.4 Å². The standard InChI is InChI=1S/C11H14ClNO4/c1-8(2)16-5-6-17-9-3-4-11(13(14)15)10(12)7-9/h3-4,7-8H,5-6H2,1-2H3. The number of hydrogen-bond acceptors (Lipinski definition) is 4. The lowest BCUT2D eigenvalue weighted by Gasteiger charge is -2.09. The second-order valence-corrected chi connectivity index (χ2v) is 4.05. The number of halogens is 1. The van der Waals surface area contributed by atoms with Crippen LogP contribution in [0.5, 0.6) is 5.75 Å². The van der Waals surface area contributed by atoms with E-state index in [2.05, 4.69) is 0 Å². The number of nitrogens with zero attached hydrogens (tertiary/aromatic N) is 1. The molecular weight excluding hydrogens is 246 g/mol. The molecule has 5 nitrogen and oxygen atoms in total. The molecule has 0 bridgehead atoms. The Morgan fingerprint density at radius 1 is 1.41 bits per heavy atom. The molecule has 0 saturated heterocycles. The van der Waals surface area contributed by atoms with Gasteiger partial charge in [-0.15, -0.1) is 0 Å². The fourth-order valence-electron chi connectivity index (χ4n) is 1.17. The maximum absolute atomic E-state index is 10.5. The van der Waals surface area contributed by atoms with Crippen molar-refractivity contribution >= 4 is 17.3 Å². The van der Waals surface area contributed by atoms with Crippen molar-refractivity contribution in [3.63, 3.8) is 0 Å². The molecule has 1 aromatic carbocycles. The normalized spacial score (nSPS) is 10.6. The van der Waals surface area contributed by atoms with Crippen molar-refractivity contribution in [2.24, 2.45) is 0 Å². The first-order valence-corrected chi connectivity index (χ1v) is 5.57. The van der Waals surface area contributed by atoms with Crippen molar-refractivity contribution in [1.82, 2.24) is 0 Å². The van der Waals surface area contributed by atoms with E-state index in [1.54, 1.807) is 0 Å². The number of rotatable bonds is 6. The van der Waals surface area contributed by atoms with Gasteiger partial charge in [0.15, 0.2) is 0 Å². The van der Waals surface area contributed by atoms with Crippen LogP contribution in [0.15, 0.2) is 18.2 Å². The Labute approximate surface area is 104 Å². The lowest BCUT2D eigenvalue weighted by Crippen LogP contribution is -2.11. The molecule has 0 unspecified atom stereocenters. The van der Waals surface area contributed by atoms with Gasteiger partial charge in [0.25, 0.3) is 5.69 Å². The molecule has 0 spiro atoms. The molecule has 0 fully saturated rings. The molecular formula is C11H14ClNO4. The highest BCUT2D eigenvalue weighted by Crippen LogP contribution is 2.28. The molecule has 0 N–H and O–H groups in total. The Morgan fingerprint density at radius 3 is 2.65 bits per heavy atom. The molecule has 94 valence electrons. The third kappa shape index (κ3) is 4.58. The smallest absolute Gasteiger partial charge is 0.288 e. The fourth-order valence-corrected chi connectivity index (χ4v) is 1.41. The average Bonchev–Trinajstić information content (AvgIpc) is 2.23. The quantitative estimate of drug-likeness (QED) is 0.447. The summed E-state index contributed by atoms with van der Waals surface area (Å²) in [6, 6.07) is 4.26. The Morgan fingerprint density at radius 2 is 2.12 bits per heavy atom. The summed E-state index contributed by atoms with van der Waals surface area (Å²) >= 11 is 5.73. The van der Waals surface area contributed by atoms with E-state index >= 15 is 0 Å². The summed E-state index contributed by atoms with van der Waals surface area (Å²) in [5, 5.41) is 10.6. The van der Waals surface area contributed by atoms with Crippen LogP contribution in [0.3, 0.4) is 0 Å². The van der Waals surface area contributed by atoms with E-state index in [1.165, 1.54) is 18.2 Å². The molecule has 0 atom stereocenters. The van der Waals surface area contributed by atoms with Crippen LogP contribution in [0.4, 0.5) is 5.69 Å². The lowest BCUT2D eigenvalue weighted by molar-refractivity contribution is -0.384. The molecule has 17 heavy (non-hydrogen) atoms. The topological polar surface area (TPSA) is 61.6 Å². The van der Waals surface area contributed by atoms with Crippen molar-refractivity contribution in [2.45, 2.75) is 20.0 Å². The van der Waals surface area contributed by atoms with Gasteiger partial charge in [-0.05, 0) is 19.9 Å².